The van der Waals surface area contributed by atoms with Crippen molar-refractivity contribution in [1.29, 1.82) is 0 Å². The van der Waals surface area contributed by atoms with Gasteiger partial charge >= 0.3 is 0 Å². The number of rotatable bonds is 7. The summed E-state index contributed by atoms with van der Waals surface area (Å²) in [6.45, 7) is 2.05. The van der Waals surface area contributed by atoms with Crippen LogP contribution < -0.4 is 10.0 Å². The molecule has 0 aliphatic rings. The molecule has 1 aromatic carbocycles. The van der Waals surface area contributed by atoms with Crippen molar-refractivity contribution in [2.24, 2.45) is 0 Å². The average Bonchev–Trinajstić information content (AvgIpc) is 2.91. The van der Waals surface area contributed by atoms with Crippen LogP contribution in [0.1, 0.15) is 16.1 Å². The second kappa shape index (κ2) is 8.78. The van der Waals surface area contributed by atoms with Crippen LogP contribution in [-0.4, -0.2) is 35.0 Å². The summed E-state index contributed by atoms with van der Waals surface area (Å²) >= 11 is 3.72. The van der Waals surface area contributed by atoms with Crippen molar-refractivity contribution in [2.45, 2.75) is 6.92 Å². The topological polar surface area (TPSA) is 49.3 Å². The molecule has 0 spiro atoms. The number of ketones is 1. The molecule has 0 radical (unpaired) electrons. The van der Waals surface area contributed by atoms with Crippen LogP contribution in [0.5, 0.6) is 0 Å². The minimum absolute atomic E-state index is 0.149. The smallest absolute Gasteiger partial charge is 0.228 e. The van der Waals surface area contributed by atoms with Gasteiger partial charge in [0.15, 0.2) is 0 Å². The molecular weight excluding hydrogens is 467 g/mol. The lowest BCUT2D eigenvalue weighted by Gasteiger charge is -2.11. The van der Waals surface area contributed by atoms with Crippen molar-refractivity contribution in [3.05, 3.63) is 41.4 Å². The summed E-state index contributed by atoms with van der Waals surface area (Å²) in [5.74, 6) is -0.149. The third kappa shape index (κ3) is 4.40. The predicted octanol–water partition coefficient (Wildman–Crippen LogP) is 4.25. The molecule has 132 valence electrons. The maximum absolute atomic E-state index is 13.0. The summed E-state index contributed by atoms with van der Waals surface area (Å²) in [7, 11) is 5.15. The van der Waals surface area contributed by atoms with E-state index in [1.807, 2.05) is 37.3 Å². The van der Waals surface area contributed by atoms with Crippen molar-refractivity contribution in [1.82, 2.24) is 14.2 Å². The Labute approximate surface area is 168 Å². The summed E-state index contributed by atoms with van der Waals surface area (Å²) < 4.78 is 5.20. The number of aromatic nitrogens is 1. The van der Waals surface area contributed by atoms with Crippen LogP contribution in [0.4, 0.5) is 5.69 Å². The fraction of sp³-hybridized carbons (Fsp3) is 0.235. The Morgan fingerprint density at radius 3 is 2.68 bits per heavy atom. The van der Waals surface area contributed by atoms with Gasteiger partial charge in [0.05, 0.1) is 5.52 Å². The first-order chi connectivity index (χ1) is 11.9. The highest BCUT2D eigenvalue weighted by Gasteiger charge is 2.20. The Balaban J connectivity index is 2.61. The minimum atomic E-state index is -0.149. The second-order valence-electron chi connectivity index (χ2n) is 5.53. The van der Waals surface area contributed by atoms with Gasteiger partial charge in [0.1, 0.15) is 11.4 Å². The van der Waals surface area contributed by atoms with Gasteiger partial charge in [0.2, 0.25) is 5.78 Å². The Bertz CT molecular complexity index is 868. The zero-order chi connectivity index (χ0) is 18.6. The molecule has 2 N–H and O–H groups in total. The molecule has 5 nitrogen and oxygen atoms in total. The fourth-order valence-electron chi connectivity index (χ4n) is 2.42. The van der Waals surface area contributed by atoms with E-state index < -0.39 is 0 Å². The molecule has 2 rings (SSSR count). The van der Waals surface area contributed by atoms with E-state index in [4.69, 9.17) is 6.42 Å². The number of carbonyl (C=O) groups excluding carboxylic acids is 1. The van der Waals surface area contributed by atoms with E-state index >= 15 is 0 Å². The molecule has 0 fully saturated rings. The maximum atomic E-state index is 13.0. The number of carbonyl (C=O) groups is 1. The van der Waals surface area contributed by atoms with E-state index in [0.717, 1.165) is 22.2 Å². The lowest BCUT2D eigenvalue weighted by molar-refractivity contribution is 0.102. The number of Topliss-reactive ketones (excluding diaryl/α,β-unsaturated/α-hetero) is 1. The van der Waals surface area contributed by atoms with Gasteiger partial charge in [-0.1, -0.05) is 18.4 Å². The van der Waals surface area contributed by atoms with E-state index in [-0.39, 0.29) is 5.78 Å². The molecule has 1 heterocycles. The van der Waals surface area contributed by atoms with Gasteiger partial charge in [0, 0.05) is 74.0 Å². The van der Waals surface area contributed by atoms with Crippen LogP contribution in [0.25, 0.3) is 10.9 Å². The number of hydrogen-bond donors (Lipinski definition) is 2. The number of anilines is 1. The second-order valence-corrected chi connectivity index (χ2v) is 7.83. The molecule has 0 atom stereocenters. The van der Waals surface area contributed by atoms with Crippen molar-refractivity contribution in [3.63, 3.8) is 0 Å². The zero-order valence-corrected chi connectivity index (χ0v) is 18.2. The lowest BCUT2D eigenvalue weighted by Crippen LogP contribution is -2.20. The molecule has 25 heavy (non-hydrogen) atoms. The highest BCUT2D eigenvalue weighted by molar-refractivity contribution is 14.2. The maximum Gasteiger partial charge on any atom is 0.228 e. The van der Waals surface area contributed by atoms with Crippen LogP contribution in [-0.2, 0) is 0 Å². The Morgan fingerprint density at radius 1 is 1.40 bits per heavy atom. The van der Waals surface area contributed by atoms with Crippen LogP contribution in [0.3, 0.4) is 0 Å². The molecule has 0 aliphatic carbocycles. The highest BCUT2D eigenvalue weighted by atomic mass is 127. The average molecular weight is 486 g/mol. The molecule has 0 saturated carbocycles. The third-order valence-corrected chi connectivity index (χ3v) is 5.59. The number of benzene rings is 1. The standard InChI is InChI=1S/C17H19IN4OS2/c1-6-19-14(10-21(3)4)17(23)16-8-12-7-11(2)13(20-24-5)9-15(12)22(16)25-18/h1,7-10,19-20H,2-5H3/b14-10-. The largest absolute Gasteiger partial charge is 0.382 e. The first-order valence-electron chi connectivity index (χ1n) is 7.31. The number of nitrogens with zero attached hydrogens (tertiary/aromatic N) is 2. The van der Waals surface area contributed by atoms with Gasteiger partial charge in [0.25, 0.3) is 0 Å². The van der Waals surface area contributed by atoms with Gasteiger partial charge in [-0.05, 0) is 30.7 Å². The zero-order valence-electron chi connectivity index (χ0n) is 14.4. The van der Waals surface area contributed by atoms with Gasteiger partial charge in [-0.15, -0.1) is 0 Å². The summed E-state index contributed by atoms with van der Waals surface area (Å²) in [6.07, 6.45) is 9.01. The Morgan fingerprint density at radius 2 is 2.12 bits per heavy atom. The number of nitrogens with one attached hydrogen (secondary N) is 2. The van der Waals surface area contributed by atoms with E-state index in [2.05, 4.69) is 49.4 Å². The van der Waals surface area contributed by atoms with Crippen LogP contribution in [0, 0.1) is 19.4 Å². The van der Waals surface area contributed by atoms with E-state index in [1.54, 1.807) is 23.0 Å². The summed E-state index contributed by atoms with van der Waals surface area (Å²) in [6, 6.07) is 8.38. The molecule has 0 saturated heterocycles. The van der Waals surface area contributed by atoms with Crippen molar-refractivity contribution in [2.75, 3.05) is 25.1 Å². The van der Waals surface area contributed by atoms with E-state index in [9.17, 15) is 4.79 Å². The summed E-state index contributed by atoms with van der Waals surface area (Å²) in [5, 5.41) is 3.72. The number of hydrogen-bond acceptors (Lipinski definition) is 6. The molecule has 2 aromatic rings. The van der Waals surface area contributed by atoms with Crippen LogP contribution in [0.2, 0.25) is 0 Å². The number of allylic oxidation sites excluding steroid dienone is 1. The Kier molecular flexibility index (Phi) is 6.98. The van der Waals surface area contributed by atoms with Gasteiger partial charge in [-0.2, -0.15) is 0 Å². The van der Waals surface area contributed by atoms with E-state index in [0.29, 0.717) is 11.4 Å². The molecule has 0 unspecified atom stereocenters. The number of halogens is 1. The number of terminal acetylenes is 1. The summed E-state index contributed by atoms with van der Waals surface area (Å²) in [4.78, 5) is 14.8. The molecule has 0 bridgehead atoms. The quantitative estimate of drug-likeness (QED) is 0.152. The monoisotopic (exact) mass is 486 g/mol. The van der Waals surface area contributed by atoms with Gasteiger partial charge in [-0.3, -0.25) is 8.77 Å². The molecule has 0 aliphatic heterocycles. The van der Waals surface area contributed by atoms with Gasteiger partial charge < -0.3 is 14.9 Å². The summed E-state index contributed by atoms with van der Waals surface area (Å²) in [5.41, 5.74) is 4.08. The van der Waals surface area contributed by atoms with Crippen molar-refractivity contribution in [3.8, 4) is 12.5 Å². The normalized spacial score (nSPS) is 11.3. The molecule has 8 heteroatoms. The first-order valence-corrected chi connectivity index (χ1v) is 11.9. The van der Waals surface area contributed by atoms with Gasteiger partial charge in [-0.25, -0.2) is 0 Å². The molecule has 1 aromatic heterocycles. The molecule has 0 amide bonds. The first kappa shape index (κ1) is 19.9. The number of aryl methyl sites for hydroxylation is 1. The predicted molar refractivity (Wildman–Crippen MR) is 119 cm³/mol. The Hall–Kier alpha value is -1.44. The minimum Gasteiger partial charge on any atom is -0.382 e. The fourth-order valence-corrected chi connectivity index (χ4v) is 4.58. The lowest BCUT2D eigenvalue weighted by atomic mass is 10.1. The van der Waals surface area contributed by atoms with Crippen LogP contribution in [0.15, 0.2) is 30.1 Å². The SMILES string of the molecule is C#CN/C(=C\N(C)C)C(=O)c1cc2cc(C)c(NSC)cc2n1SI. The number of fused-ring (bicyclic) bond motifs is 1. The third-order valence-electron chi connectivity index (χ3n) is 3.46. The van der Waals surface area contributed by atoms with Crippen LogP contribution >= 0.6 is 42.3 Å². The highest BCUT2D eigenvalue weighted by Crippen LogP contribution is 2.33. The van der Waals surface area contributed by atoms with Crippen molar-refractivity contribution < 1.29 is 4.79 Å². The van der Waals surface area contributed by atoms with Crippen molar-refractivity contribution >= 4 is 64.6 Å². The van der Waals surface area contributed by atoms with E-state index in [1.165, 1.54) is 9.12 Å². The molecular formula is C17H19IN4OS2.